The Morgan fingerprint density at radius 3 is 2.69 bits per heavy atom. The summed E-state index contributed by atoms with van der Waals surface area (Å²) in [6.07, 6.45) is 1.61. The minimum Gasteiger partial charge on any atom is -0.490 e. The molecule has 2 aromatic carbocycles. The fraction of sp³-hybridized carbons (Fsp3) is 0.304. The number of aromatic amines is 1. The van der Waals surface area contributed by atoms with Gasteiger partial charge in [-0.05, 0) is 48.4 Å². The van der Waals surface area contributed by atoms with Gasteiger partial charge in [-0.15, -0.1) is 0 Å². The molecule has 32 heavy (non-hydrogen) atoms. The van der Waals surface area contributed by atoms with Gasteiger partial charge in [-0.1, -0.05) is 44.5 Å². The first-order valence-electron chi connectivity index (χ1n) is 10.2. The zero-order chi connectivity index (χ0) is 23.1. The lowest BCUT2D eigenvalue weighted by atomic mass is 9.92. The lowest BCUT2D eigenvalue weighted by Crippen LogP contribution is -2.24. The summed E-state index contributed by atoms with van der Waals surface area (Å²) in [5.41, 5.74) is 4.30. The van der Waals surface area contributed by atoms with Crippen molar-refractivity contribution in [2.75, 3.05) is 12.0 Å². The summed E-state index contributed by atoms with van der Waals surface area (Å²) in [5.74, 6) is 1.53. The van der Waals surface area contributed by atoms with Gasteiger partial charge in [0.15, 0.2) is 17.3 Å². The summed E-state index contributed by atoms with van der Waals surface area (Å²) < 4.78 is 11.7. The number of benzene rings is 2. The van der Waals surface area contributed by atoms with E-state index < -0.39 is 5.69 Å². The third-order valence-corrected chi connectivity index (χ3v) is 4.58. The Bertz CT molecular complexity index is 1150. The van der Waals surface area contributed by atoms with Gasteiger partial charge >= 0.3 is 5.69 Å². The Kier molecular flexibility index (Phi) is 7.48. The minimum atomic E-state index is -0.546. The van der Waals surface area contributed by atoms with Crippen molar-refractivity contribution < 1.29 is 9.47 Å². The number of halogens is 1. The fourth-order valence-corrected chi connectivity index (χ4v) is 3.10. The van der Waals surface area contributed by atoms with E-state index in [1.54, 1.807) is 6.21 Å². The fourth-order valence-electron chi connectivity index (χ4n) is 2.89. The van der Waals surface area contributed by atoms with Gasteiger partial charge in [-0.3, -0.25) is 5.43 Å². The van der Waals surface area contributed by atoms with Crippen LogP contribution < -0.4 is 20.6 Å². The maximum atomic E-state index is 11.6. The number of H-pyrrole nitrogens is 1. The molecule has 0 radical (unpaired) electrons. The second-order valence-corrected chi connectivity index (χ2v) is 8.45. The third kappa shape index (κ3) is 6.31. The van der Waals surface area contributed by atoms with E-state index in [0.717, 1.165) is 11.1 Å². The molecule has 9 heteroatoms. The molecule has 1 aromatic heterocycles. The number of hydrogen-bond acceptors (Lipinski definition) is 7. The van der Waals surface area contributed by atoms with Gasteiger partial charge in [0, 0.05) is 10.4 Å². The molecule has 0 saturated heterocycles. The van der Waals surface area contributed by atoms with Gasteiger partial charge in [0.1, 0.15) is 12.3 Å². The monoisotopic (exact) mass is 455 g/mol. The van der Waals surface area contributed by atoms with Crippen molar-refractivity contribution >= 4 is 23.6 Å². The summed E-state index contributed by atoms with van der Waals surface area (Å²) in [6, 6.07) is 13.0. The number of nitrogens with one attached hydrogen (secondary N) is 2. The Hall–Kier alpha value is -3.39. The molecule has 168 valence electrons. The normalized spacial score (nSPS) is 11.5. The molecule has 2 N–H and O–H groups in total. The van der Waals surface area contributed by atoms with Crippen molar-refractivity contribution in [1.82, 2.24) is 15.2 Å². The van der Waals surface area contributed by atoms with E-state index >= 15 is 0 Å². The second kappa shape index (κ2) is 10.3. The van der Waals surface area contributed by atoms with Crippen molar-refractivity contribution in [2.24, 2.45) is 5.10 Å². The maximum Gasteiger partial charge on any atom is 0.363 e. The van der Waals surface area contributed by atoms with Crippen LogP contribution >= 0.6 is 11.6 Å². The van der Waals surface area contributed by atoms with Gasteiger partial charge < -0.3 is 9.47 Å². The summed E-state index contributed by atoms with van der Waals surface area (Å²) in [4.78, 5) is 15.5. The molecule has 8 nitrogen and oxygen atoms in total. The highest BCUT2D eigenvalue weighted by atomic mass is 35.5. The summed E-state index contributed by atoms with van der Waals surface area (Å²) in [6.45, 7) is 8.68. The highest BCUT2D eigenvalue weighted by molar-refractivity contribution is 6.30. The van der Waals surface area contributed by atoms with E-state index in [-0.39, 0.29) is 5.41 Å². The molecule has 0 fully saturated rings. The number of nitrogens with zero attached hydrogens (tertiary/aromatic N) is 3. The summed E-state index contributed by atoms with van der Waals surface area (Å²) in [7, 11) is 0. The van der Waals surface area contributed by atoms with Gasteiger partial charge in [0.25, 0.3) is 0 Å². The highest BCUT2D eigenvalue weighted by Gasteiger charge is 2.21. The number of aromatic nitrogens is 3. The largest absolute Gasteiger partial charge is 0.490 e. The maximum absolute atomic E-state index is 11.6. The van der Waals surface area contributed by atoms with Crippen molar-refractivity contribution in [2.45, 2.75) is 39.7 Å². The summed E-state index contributed by atoms with van der Waals surface area (Å²) in [5, 5.41) is 11.3. The van der Waals surface area contributed by atoms with E-state index in [9.17, 15) is 4.79 Å². The molecule has 3 aromatic rings. The number of hydrogen-bond donors (Lipinski definition) is 2. The SMILES string of the molecule is CCOc1cc(/C=N/Nc2nc(=O)[nH]nc2C(C)(C)C)ccc1OCc1cccc(Cl)c1. The predicted octanol–water partition coefficient (Wildman–Crippen LogP) is 4.54. The minimum absolute atomic E-state index is 0.309. The van der Waals surface area contributed by atoms with E-state index in [0.29, 0.717) is 41.2 Å². The van der Waals surface area contributed by atoms with Crippen LogP contribution in [0.5, 0.6) is 11.5 Å². The highest BCUT2D eigenvalue weighted by Crippen LogP contribution is 2.29. The van der Waals surface area contributed by atoms with Crippen LogP contribution in [0.25, 0.3) is 0 Å². The molecular formula is C23H26ClN5O3. The standard InChI is InChI=1S/C23H26ClN5O3/c1-5-31-19-12-15(9-10-18(19)32-14-16-7-6-8-17(24)11-16)13-25-28-21-20(23(2,3)4)27-29-22(30)26-21/h6-13H,5,14H2,1-4H3,(H2,26,28,29,30)/b25-13+. The van der Waals surface area contributed by atoms with Crippen molar-refractivity contribution in [3.8, 4) is 11.5 Å². The lowest BCUT2D eigenvalue weighted by molar-refractivity contribution is 0.269. The summed E-state index contributed by atoms with van der Waals surface area (Å²) >= 11 is 6.04. The molecule has 0 spiro atoms. The zero-order valence-corrected chi connectivity index (χ0v) is 19.2. The van der Waals surface area contributed by atoms with Gasteiger partial charge in [0.2, 0.25) is 0 Å². The van der Waals surface area contributed by atoms with Crippen LogP contribution in [-0.4, -0.2) is 28.0 Å². The van der Waals surface area contributed by atoms with E-state index in [1.165, 1.54) is 0 Å². The van der Waals surface area contributed by atoms with Gasteiger partial charge in [-0.25, -0.2) is 9.89 Å². The predicted molar refractivity (Wildman–Crippen MR) is 126 cm³/mol. The van der Waals surface area contributed by atoms with Crippen LogP contribution in [0.15, 0.2) is 52.4 Å². The van der Waals surface area contributed by atoms with Crippen LogP contribution in [0.3, 0.4) is 0 Å². The number of ether oxygens (including phenoxy) is 2. The molecule has 1 heterocycles. The van der Waals surface area contributed by atoms with Crippen LogP contribution in [0.1, 0.15) is 44.5 Å². The number of anilines is 1. The first-order valence-corrected chi connectivity index (χ1v) is 10.5. The zero-order valence-electron chi connectivity index (χ0n) is 18.5. The van der Waals surface area contributed by atoms with Gasteiger partial charge in [-0.2, -0.15) is 15.2 Å². The molecule has 0 aliphatic rings. The molecule has 0 aliphatic heterocycles. The average Bonchev–Trinajstić information content (AvgIpc) is 2.73. The third-order valence-electron chi connectivity index (χ3n) is 4.35. The smallest absolute Gasteiger partial charge is 0.363 e. The van der Waals surface area contributed by atoms with Crippen LogP contribution in [-0.2, 0) is 12.0 Å². The quantitative estimate of drug-likeness (QED) is 0.382. The molecule has 0 saturated carbocycles. The second-order valence-electron chi connectivity index (χ2n) is 8.02. The Morgan fingerprint density at radius 1 is 1.16 bits per heavy atom. The van der Waals surface area contributed by atoms with Crippen LogP contribution in [0.4, 0.5) is 5.82 Å². The van der Waals surface area contributed by atoms with Crippen molar-refractivity contribution in [1.29, 1.82) is 0 Å². The first kappa shape index (κ1) is 23.3. The average molecular weight is 456 g/mol. The molecule has 0 aliphatic carbocycles. The Morgan fingerprint density at radius 2 is 1.97 bits per heavy atom. The number of rotatable bonds is 8. The first-order chi connectivity index (χ1) is 15.3. The van der Waals surface area contributed by atoms with E-state index in [4.69, 9.17) is 21.1 Å². The Labute approximate surface area is 191 Å². The molecule has 0 unspecified atom stereocenters. The van der Waals surface area contributed by atoms with E-state index in [1.807, 2.05) is 70.2 Å². The van der Waals surface area contributed by atoms with E-state index in [2.05, 4.69) is 25.7 Å². The topological polar surface area (TPSA) is 101 Å². The van der Waals surface area contributed by atoms with Crippen LogP contribution in [0.2, 0.25) is 5.02 Å². The lowest BCUT2D eigenvalue weighted by Gasteiger charge is -2.18. The number of hydrazone groups is 1. The van der Waals surface area contributed by atoms with Crippen molar-refractivity contribution in [3.05, 3.63) is 74.8 Å². The molecule has 0 amide bonds. The molecule has 0 atom stereocenters. The molecular weight excluding hydrogens is 430 g/mol. The van der Waals surface area contributed by atoms with Crippen molar-refractivity contribution in [3.63, 3.8) is 0 Å². The van der Waals surface area contributed by atoms with Crippen LogP contribution in [0, 0.1) is 0 Å². The van der Waals surface area contributed by atoms with Gasteiger partial charge in [0.05, 0.1) is 12.8 Å². The molecule has 3 rings (SSSR count). The Balaban J connectivity index is 1.75. The molecule has 0 bridgehead atoms.